The summed E-state index contributed by atoms with van der Waals surface area (Å²) in [6.07, 6.45) is 9.47. The van der Waals surface area contributed by atoms with Crippen LogP contribution in [-0.4, -0.2) is 21.1 Å². The van der Waals surface area contributed by atoms with Crippen LogP contribution in [0, 0.1) is 12.8 Å². The number of carbonyl (C=O) groups excluding carboxylic acids is 1. The Morgan fingerprint density at radius 2 is 1.89 bits per heavy atom. The lowest BCUT2D eigenvalue weighted by Crippen LogP contribution is -2.30. The average molecular weight is 369 g/mol. The molecule has 0 N–H and O–H groups in total. The van der Waals surface area contributed by atoms with E-state index in [0.717, 1.165) is 37.2 Å². The first-order valence-electron chi connectivity index (χ1n) is 10.1. The van der Waals surface area contributed by atoms with E-state index in [4.69, 9.17) is 4.74 Å². The van der Waals surface area contributed by atoms with Gasteiger partial charge in [0.15, 0.2) is 0 Å². The van der Waals surface area contributed by atoms with Gasteiger partial charge in [-0.05, 0) is 64.0 Å². The summed E-state index contributed by atoms with van der Waals surface area (Å²) in [7, 11) is 0. The molecule has 1 fully saturated rings. The van der Waals surface area contributed by atoms with E-state index >= 15 is 0 Å². The van der Waals surface area contributed by atoms with Crippen LogP contribution in [0.1, 0.15) is 69.3 Å². The van der Waals surface area contributed by atoms with Gasteiger partial charge in [-0.3, -0.25) is 4.79 Å². The van der Waals surface area contributed by atoms with Crippen LogP contribution in [0.4, 0.5) is 0 Å². The zero-order valence-corrected chi connectivity index (χ0v) is 17.1. The first-order chi connectivity index (χ1) is 12.8. The van der Waals surface area contributed by atoms with E-state index in [-0.39, 0.29) is 11.9 Å². The highest BCUT2D eigenvalue weighted by molar-refractivity contribution is 5.79. The molecule has 1 aromatic carbocycles. The molecule has 0 spiro atoms. The first-order valence-corrected chi connectivity index (χ1v) is 10.1. The average Bonchev–Trinajstić information content (AvgIpc) is 3.25. The molecule has 4 nitrogen and oxygen atoms in total. The predicted octanol–water partition coefficient (Wildman–Crippen LogP) is 5.05. The maximum Gasteiger partial charge on any atom is 0.314 e. The number of benzene rings is 1. The summed E-state index contributed by atoms with van der Waals surface area (Å²) in [6.45, 7) is 8.77. The van der Waals surface area contributed by atoms with E-state index in [9.17, 15) is 4.79 Å². The number of hydrogen-bond acceptors (Lipinski definition) is 3. The van der Waals surface area contributed by atoms with Crippen molar-refractivity contribution in [2.24, 2.45) is 5.92 Å². The summed E-state index contributed by atoms with van der Waals surface area (Å²) >= 11 is 0. The van der Waals surface area contributed by atoms with Crippen molar-refractivity contribution in [3.05, 3.63) is 53.6 Å². The highest BCUT2D eigenvalue weighted by Crippen LogP contribution is 2.39. The van der Waals surface area contributed by atoms with E-state index in [1.54, 1.807) is 0 Å². The van der Waals surface area contributed by atoms with Gasteiger partial charge in [0.25, 0.3) is 0 Å². The van der Waals surface area contributed by atoms with Crippen molar-refractivity contribution in [1.82, 2.24) is 9.55 Å². The SMILES string of the molecule is Cc1nccn1CCc1ccc(C(C(=O)OC(C)(C)C)C2CCCC2)cc1. The van der Waals surface area contributed by atoms with Crippen LogP contribution in [0.2, 0.25) is 0 Å². The van der Waals surface area contributed by atoms with Crippen LogP contribution in [0.5, 0.6) is 0 Å². The Balaban J connectivity index is 1.72. The fraction of sp³-hybridized carbons (Fsp3) is 0.565. The summed E-state index contributed by atoms with van der Waals surface area (Å²) in [5.74, 6) is 1.23. The molecule has 1 unspecified atom stereocenters. The van der Waals surface area contributed by atoms with Crippen molar-refractivity contribution in [3.63, 3.8) is 0 Å². The van der Waals surface area contributed by atoms with E-state index in [1.165, 1.54) is 18.4 Å². The van der Waals surface area contributed by atoms with Gasteiger partial charge in [-0.1, -0.05) is 37.1 Å². The fourth-order valence-electron chi connectivity index (χ4n) is 4.04. The number of aromatic nitrogens is 2. The second-order valence-corrected chi connectivity index (χ2v) is 8.72. The number of hydrogen-bond donors (Lipinski definition) is 0. The van der Waals surface area contributed by atoms with Gasteiger partial charge in [-0.25, -0.2) is 4.98 Å². The number of ether oxygens (including phenoxy) is 1. The molecule has 146 valence electrons. The number of esters is 1. The predicted molar refractivity (Wildman–Crippen MR) is 108 cm³/mol. The van der Waals surface area contributed by atoms with Gasteiger partial charge in [0.05, 0.1) is 5.92 Å². The Morgan fingerprint density at radius 1 is 1.22 bits per heavy atom. The molecular formula is C23H32N2O2. The molecule has 1 atom stereocenters. The molecule has 1 aliphatic rings. The van der Waals surface area contributed by atoms with Crippen molar-refractivity contribution in [3.8, 4) is 0 Å². The van der Waals surface area contributed by atoms with Crippen LogP contribution < -0.4 is 0 Å². The molecule has 0 radical (unpaired) electrons. The van der Waals surface area contributed by atoms with Crippen LogP contribution in [0.3, 0.4) is 0 Å². The summed E-state index contributed by atoms with van der Waals surface area (Å²) in [6, 6.07) is 8.58. The zero-order valence-electron chi connectivity index (χ0n) is 17.1. The Hall–Kier alpha value is -2.10. The molecule has 27 heavy (non-hydrogen) atoms. The molecule has 1 heterocycles. The fourth-order valence-corrected chi connectivity index (χ4v) is 4.04. The smallest absolute Gasteiger partial charge is 0.314 e. The lowest BCUT2D eigenvalue weighted by molar-refractivity contribution is -0.158. The third-order valence-corrected chi connectivity index (χ3v) is 5.44. The van der Waals surface area contributed by atoms with Gasteiger partial charge in [-0.15, -0.1) is 0 Å². The monoisotopic (exact) mass is 368 g/mol. The van der Waals surface area contributed by atoms with Gasteiger partial charge in [-0.2, -0.15) is 0 Å². The lowest BCUT2D eigenvalue weighted by atomic mass is 9.84. The van der Waals surface area contributed by atoms with Crippen molar-refractivity contribution in [2.45, 2.75) is 77.9 Å². The van der Waals surface area contributed by atoms with Gasteiger partial charge in [0, 0.05) is 18.9 Å². The third-order valence-electron chi connectivity index (χ3n) is 5.44. The van der Waals surface area contributed by atoms with Gasteiger partial charge >= 0.3 is 5.97 Å². The minimum absolute atomic E-state index is 0.0730. The molecular weight excluding hydrogens is 336 g/mol. The number of aryl methyl sites for hydroxylation is 3. The molecule has 0 saturated heterocycles. The van der Waals surface area contributed by atoms with Crippen LogP contribution in [0.15, 0.2) is 36.7 Å². The molecule has 3 rings (SSSR count). The molecule has 2 aromatic rings. The summed E-state index contributed by atoms with van der Waals surface area (Å²) < 4.78 is 7.92. The number of nitrogens with zero attached hydrogens (tertiary/aromatic N) is 2. The van der Waals surface area contributed by atoms with Crippen molar-refractivity contribution >= 4 is 5.97 Å². The second-order valence-electron chi connectivity index (χ2n) is 8.72. The van der Waals surface area contributed by atoms with Crippen LogP contribution in [-0.2, 0) is 22.5 Å². The van der Waals surface area contributed by atoms with Crippen LogP contribution >= 0.6 is 0 Å². The second kappa shape index (κ2) is 8.28. The van der Waals surface area contributed by atoms with E-state index in [2.05, 4.69) is 33.8 Å². The highest BCUT2D eigenvalue weighted by Gasteiger charge is 2.35. The molecule has 1 aromatic heterocycles. The van der Waals surface area contributed by atoms with Gasteiger partial charge in [0.1, 0.15) is 11.4 Å². The standard InChI is InChI=1S/C23H32N2O2/c1-17-24-14-16-25(17)15-13-18-9-11-20(12-10-18)21(19-7-5-6-8-19)22(26)27-23(2,3)4/h9-12,14,16,19,21H,5-8,13,15H2,1-4H3. The third kappa shape index (κ3) is 5.21. The van der Waals surface area contributed by atoms with Crippen molar-refractivity contribution < 1.29 is 9.53 Å². The Morgan fingerprint density at radius 3 is 2.44 bits per heavy atom. The molecule has 1 saturated carbocycles. The Labute approximate surface area is 163 Å². The first kappa shape index (κ1) is 19.7. The minimum Gasteiger partial charge on any atom is -0.459 e. The Bertz CT molecular complexity index is 749. The number of rotatable bonds is 6. The maximum absolute atomic E-state index is 12.9. The largest absolute Gasteiger partial charge is 0.459 e. The highest BCUT2D eigenvalue weighted by atomic mass is 16.6. The van der Waals surface area contributed by atoms with E-state index in [1.807, 2.05) is 40.1 Å². The molecule has 4 heteroatoms. The topological polar surface area (TPSA) is 44.1 Å². The van der Waals surface area contributed by atoms with Crippen molar-refractivity contribution in [1.29, 1.82) is 0 Å². The number of imidazole rings is 1. The van der Waals surface area contributed by atoms with E-state index < -0.39 is 5.60 Å². The van der Waals surface area contributed by atoms with Gasteiger partial charge < -0.3 is 9.30 Å². The number of carbonyl (C=O) groups is 1. The minimum atomic E-state index is -0.448. The summed E-state index contributed by atoms with van der Waals surface area (Å²) in [4.78, 5) is 17.2. The van der Waals surface area contributed by atoms with Gasteiger partial charge in [0.2, 0.25) is 0 Å². The van der Waals surface area contributed by atoms with Crippen molar-refractivity contribution in [2.75, 3.05) is 0 Å². The quantitative estimate of drug-likeness (QED) is 0.670. The summed E-state index contributed by atoms with van der Waals surface area (Å²) in [5.41, 5.74) is 1.93. The molecule has 0 aliphatic heterocycles. The lowest BCUT2D eigenvalue weighted by Gasteiger charge is -2.27. The summed E-state index contributed by atoms with van der Waals surface area (Å²) in [5, 5.41) is 0. The van der Waals surface area contributed by atoms with E-state index in [0.29, 0.717) is 5.92 Å². The zero-order chi connectivity index (χ0) is 19.4. The Kier molecular flexibility index (Phi) is 6.03. The van der Waals surface area contributed by atoms with Crippen LogP contribution in [0.25, 0.3) is 0 Å². The maximum atomic E-state index is 12.9. The molecule has 1 aliphatic carbocycles. The molecule has 0 amide bonds. The normalized spacial score (nSPS) is 16.4. The molecule has 0 bridgehead atoms.